The van der Waals surface area contributed by atoms with Crippen molar-refractivity contribution < 1.29 is 14.3 Å². The van der Waals surface area contributed by atoms with E-state index in [1.807, 2.05) is 28.5 Å². The van der Waals surface area contributed by atoms with Crippen LogP contribution in [-0.2, 0) is 17.8 Å². The van der Waals surface area contributed by atoms with Gasteiger partial charge in [-0.05, 0) is 30.5 Å². The van der Waals surface area contributed by atoms with Crippen molar-refractivity contribution in [2.45, 2.75) is 31.8 Å². The molecule has 4 rings (SSSR count). The van der Waals surface area contributed by atoms with Gasteiger partial charge in [0.2, 0.25) is 12.7 Å². The third kappa shape index (κ3) is 2.78. The van der Waals surface area contributed by atoms with Crippen LogP contribution in [0.1, 0.15) is 23.4 Å². The molecule has 22 heavy (non-hydrogen) atoms. The Labute approximate surface area is 132 Å². The molecule has 0 radical (unpaired) electrons. The lowest BCUT2D eigenvalue weighted by Crippen LogP contribution is -2.33. The summed E-state index contributed by atoms with van der Waals surface area (Å²) in [7, 11) is 0. The number of ether oxygens (including phenoxy) is 2. The molecule has 1 fully saturated rings. The van der Waals surface area contributed by atoms with E-state index in [-0.39, 0.29) is 12.7 Å². The number of thiazole rings is 1. The van der Waals surface area contributed by atoms with Gasteiger partial charge in [0.05, 0.1) is 13.0 Å². The third-order valence-electron chi connectivity index (χ3n) is 3.89. The van der Waals surface area contributed by atoms with Crippen LogP contribution in [0.3, 0.4) is 0 Å². The van der Waals surface area contributed by atoms with Crippen molar-refractivity contribution in [3.8, 4) is 11.5 Å². The molecule has 1 aromatic carbocycles. The zero-order valence-electron chi connectivity index (χ0n) is 12.0. The lowest BCUT2D eigenvalue weighted by atomic mass is 10.1. The van der Waals surface area contributed by atoms with Crippen LogP contribution < -0.4 is 9.47 Å². The molecule has 2 aromatic rings. The number of hydrogen-bond acceptors (Lipinski definition) is 5. The second kappa shape index (κ2) is 5.61. The SMILES string of the molecule is O=C(Cc1ccc2c(c1)OCO2)N(Cc1nccs1)C1CC1. The quantitative estimate of drug-likeness (QED) is 0.851. The third-order valence-corrected chi connectivity index (χ3v) is 4.65. The largest absolute Gasteiger partial charge is 0.454 e. The van der Waals surface area contributed by atoms with Gasteiger partial charge in [0.25, 0.3) is 0 Å². The molecule has 0 N–H and O–H groups in total. The summed E-state index contributed by atoms with van der Waals surface area (Å²) in [5.74, 6) is 1.62. The van der Waals surface area contributed by atoms with Gasteiger partial charge >= 0.3 is 0 Å². The first-order valence-electron chi connectivity index (χ1n) is 7.36. The molecule has 114 valence electrons. The second-order valence-electron chi connectivity index (χ2n) is 5.54. The highest BCUT2D eigenvalue weighted by Gasteiger charge is 2.33. The molecule has 1 aliphatic heterocycles. The summed E-state index contributed by atoms with van der Waals surface area (Å²) in [6.07, 6.45) is 4.36. The van der Waals surface area contributed by atoms with Crippen LogP contribution in [0.25, 0.3) is 0 Å². The van der Waals surface area contributed by atoms with E-state index in [9.17, 15) is 4.79 Å². The summed E-state index contributed by atoms with van der Waals surface area (Å²) in [5, 5.41) is 2.94. The highest BCUT2D eigenvalue weighted by molar-refractivity contribution is 7.09. The fourth-order valence-corrected chi connectivity index (χ4v) is 3.23. The van der Waals surface area contributed by atoms with Crippen LogP contribution in [0.2, 0.25) is 0 Å². The fourth-order valence-electron chi connectivity index (χ4n) is 2.61. The maximum absolute atomic E-state index is 12.7. The summed E-state index contributed by atoms with van der Waals surface area (Å²) in [6, 6.07) is 6.08. The number of fused-ring (bicyclic) bond motifs is 1. The minimum atomic E-state index is 0.150. The highest BCUT2D eigenvalue weighted by Crippen LogP contribution is 2.33. The summed E-state index contributed by atoms with van der Waals surface area (Å²) >= 11 is 1.59. The Morgan fingerprint density at radius 1 is 1.32 bits per heavy atom. The summed E-state index contributed by atoms with van der Waals surface area (Å²) in [4.78, 5) is 18.9. The Balaban J connectivity index is 1.47. The van der Waals surface area contributed by atoms with Crippen molar-refractivity contribution >= 4 is 17.2 Å². The summed E-state index contributed by atoms with van der Waals surface area (Å²) < 4.78 is 10.7. The van der Waals surface area contributed by atoms with Gasteiger partial charge in [-0.1, -0.05) is 6.07 Å². The van der Waals surface area contributed by atoms with Gasteiger partial charge in [-0.3, -0.25) is 4.79 Å². The lowest BCUT2D eigenvalue weighted by molar-refractivity contribution is -0.131. The Morgan fingerprint density at radius 2 is 2.18 bits per heavy atom. The van der Waals surface area contributed by atoms with Gasteiger partial charge in [0, 0.05) is 17.6 Å². The zero-order chi connectivity index (χ0) is 14.9. The van der Waals surface area contributed by atoms with Crippen LogP contribution in [-0.4, -0.2) is 28.6 Å². The molecule has 0 unspecified atom stereocenters. The van der Waals surface area contributed by atoms with Crippen molar-refractivity contribution in [2.75, 3.05) is 6.79 Å². The number of hydrogen-bond donors (Lipinski definition) is 0. The van der Waals surface area contributed by atoms with Crippen molar-refractivity contribution in [3.63, 3.8) is 0 Å². The van der Waals surface area contributed by atoms with Crippen LogP contribution >= 0.6 is 11.3 Å². The molecule has 1 saturated carbocycles. The molecule has 0 bridgehead atoms. The number of aromatic nitrogens is 1. The van der Waals surface area contributed by atoms with E-state index in [0.29, 0.717) is 19.0 Å². The Morgan fingerprint density at radius 3 is 2.95 bits per heavy atom. The van der Waals surface area contributed by atoms with Gasteiger partial charge in [-0.15, -0.1) is 11.3 Å². The summed E-state index contributed by atoms with van der Waals surface area (Å²) in [6.45, 7) is 0.872. The smallest absolute Gasteiger partial charge is 0.231 e. The van der Waals surface area contributed by atoms with Gasteiger partial charge in [-0.25, -0.2) is 4.98 Å². The molecular weight excluding hydrogens is 300 g/mol. The topological polar surface area (TPSA) is 51.7 Å². The Kier molecular flexibility index (Phi) is 3.46. The summed E-state index contributed by atoms with van der Waals surface area (Å²) in [5.41, 5.74) is 0.957. The Hall–Kier alpha value is -2.08. The van der Waals surface area contributed by atoms with Gasteiger partial charge in [0.1, 0.15) is 5.01 Å². The van der Waals surface area contributed by atoms with Crippen molar-refractivity contribution in [3.05, 3.63) is 40.3 Å². The molecule has 6 heteroatoms. The molecular formula is C16H16N2O3S. The van der Waals surface area contributed by atoms with Crippen LogP contribution in [0.4, 0.5) is 0 Å². The standard InChI is InChI=1S/C16H16N2O3S/c19-16(8-11-1-4-13-14(7-11)21-10-20-13)18(12-2-3-12)9-15-17-5-6-22-15/h1,4-7,12H,2-3,8-10H2. The first-order valence-corrected chi connectivity index (χ1v) is 8.24. The fraction of sp³-hybridized carbons (Fsp3) is 0.375. The average Bonchev–Trinajstić information content (AvgIpc) is 3.03. The molecule has 2 aliphatic rings. The van der Waals surface area contributed by atoms with E-state index >= 15 is 0 Å². The van der Waals surface area contributed by atoms with E-state index in [2.05, 4.69) is 4.98 Å². The molecule has 0 saturated heterocycles. The predicted octanol–water partition coefficient (Wildman–Crippen LogP) is 2.61. The van der Waals surface area contributed by atoms with E-state index in [1.54, 1.807) is 17.5 Å². The number of rotatable bonds is 5. The number of benzene rings is 1. The first kappa shape index (κ1) is 13.6. The average molecular weight is 316 g/mol. The molecule has 1 amide bonds. The number of carbonyl (C=O) groups is 1. The van der Waals surface area contributed by atoms with Crippen LogP contribution in [0.5, 0.6) is 11.5 Å². The van der Waals surface area contributed by atoms with Crippen LogP contribution in [0, 0.1) is 0 Å². The second-order valence-corrected chi connectivity index (χ2v) is 6.52. The van der Waals surface area contributed by atoms with Crippen molar-refractivity contribution in [1.82, 2.24) is 9.88 Å². The molecule has 1 aliphatic carbocycles. The number of amides is 1. The predicted molar refractivity (Wildman–Crippen MR) is 82.0 cm³/mol. The molecule has 0 spiro atoms. The maximum atomic E-state index is 12.7. The normalized spacial score (nSPS) is 15.8. The molecule has 0 atom stereocenters. The van der Waals surface area contributed by atoms with Crippen molar-refractivity contribution in [1.29, 1.82) is 0 Å². The van der Waals surface area contributed by atoms with E-state index < -0.39 is 0 Å². The minimum Gasteiger partial charge on any atom is -0.454 e. The first-order chi connectivity index (χ1) is 10.8. The van der Waals surface area contributed by atoms with E-state index in [0.717, 1.165) is 34.9 Å². The van der Waals surface area contributed by atoms with Gasteiger partial charge in [0.15, 0.2) is 11.5 Å². The van der Waals surface area contributed by atoms with E-state index in [4.69, 9.17) is 9.47 Å². The number of carbonyl (C=O) groups excluding carboxylic acids is 1. The number of nitrogens with zero attached hydrogens (tertiary/aromatic N) is 2. The lowest BCUT2D eigenvalue weighted by Gasteiger charge is -2.21. The Bertz CT molecular complexity index is 683. The minimum absolute atomic E-state index is 0.150. The van der Waals surface area contributed by atoms with Crippen LogP contribution in [0.15, 0.2) is 29.8 Å². The van der Waals surface area contributed by atoms with Gasteiger partial charge in [-0.2, -0.15) is 0 Å². The zero-order valence-corrected chi connectivity index (χ0v) is 12.8. The monoisotopic (exact) mass is 316 g/mol. The van der Waals surface area contributed by atoms with Gasteiger partial charge < -0.3 is 14.4 Å². The molecule has 5 nitrogen and oxygen atoms in total. The molecule has 1 aromatic heterocycles. The maximum Gasteiger partial charge on any atom is 0.231 e. The van der Waals surface area contributed by atoms with Crippen molar-refractivity contribution in [2.24, 2.45) is 0 Å². The van der Waals surface area contributed by atoms with E-state index in [1.165, 1.54) is 0 Å². The highest BCUT2D eigenvalue weighted by atomic mass is 32.1. The molecule has 2 heterocycles.